The summed E-state index contributed by atoms with van der Waals surface area (Å²) in [6.45, 7) is 9.76. The topological polar surface area (TPSA) is 116 Å². The van der Waals surface area contributed by atoms with Crippen LogP contribution in [0.15, 0.2) is 12.1 Å². The van der Waals surface area contributed by atoms with Crippen LogP contribution in [-0.4, -0.2) is 48.1 Å². The van der Waals surface area contributed by atoms with Crippen molar-refractivity contribution in [3.05, 3.63) is 28.8 Å². The molecule has 0 radical (unpaired) electrons. The zero-order chi connectivity index (χ0) is 24.9. The van der Waals surface area contributed by atoms with Crippen LogP contribution in [0.3, 0.4) is 0 Å². The Morgan fingerprint density at radius 3 is 2.21 bits per heavy atom. The summed E-state index contributed by atoms with van der Waals surface area (Å²) in [5.74, 6) is -3.30. The lowest BCUT2D eigenvalue weighted by molar-refractivity contribution is -0.187. The molecule has 1 N–H and O–H groups in total. The lowest BCUT2D eigenvalue weighted by atomic mass is 9.47. The summed E-state index contributed by atoms with van der Waals surface area (Å²) in [4.78, 5) is 50.9. The van der Waals surface area contributed by atoms with Gasteiger partial charge in [0.2, 0.25) is 5.78 Å². The second kappa shape index (κ2) is 8.47. The van der Waals surface area contributed by atoms with Gasteiger partial charge in [-0.05, 0) is 43.4 Å². The standard InChI is InChI=1S/C25H32O8/c1-12(2)15-10-16-19(17(28)11-15)25(6)18(32-13(3)26)8-9-24(5,23(30)31-7)22(25)21(20(16)29)33-14(4)27/h10-12,18,21-22,28H,8-9H2,1-7H3/t18-,21-,22-,24+,25+/m0/s1. The minimum atomic E-state index is -1.32. The molecular formula is C25H32O8. The lowest BCUT2D eigenvalue weighted by Gasteiger charge is -2.57. The second-order valence-electron chi connectivity index (χ2n) is 9.82. The molecular weight excluding hydrogens is 428 g/mol. The Kier molecular flexibility index (Phi) is 6.35. The van der Waals surface area contributed by atoms with E-state index in [2.05, 4.69) is 0 Å². The first-order valence-corrected chi connectivity index (χ1v) is 11.1. The third kappa shape index (κ3) is 3.79. The molecule has 0 heterocycles. The molecule has 0 aromatic heterocycles. The number of ketones is 1. The molecule has 1 fully saturated rings. The van der Waals surface area contributed by atoms with E-state index in [-0.39, 0.29) is 23.7 Å². The maximum Gasteiger partial charge on any atom is 0.311 e. The van der Waals surface area contributed by atoms with Crippen molar-refractivity contribution in [2.75, 3.05) is 7.11 Å². The Morgan fingerprint density at radius 2 is 1.70 bits per heavy atom. The van der Waals surface area contributed by atoms with Gasteiger partial charge in [-0.1, -0.05) is 20.8 Å². The lowest BCUT2D eigenvalue weighted by Crippen LogP contribution is -2.66. The average Bonchev–Trinajstić information content (AvgIpc) is 2.72. The van der Waals surface area contributed by atoms with E-state index < -0.39 is 52.6 Å². The van der Waals surface area contributed by atoms with Crippen LogP contribution >= 0.6 is 0 Å². The summed E-state index contributed by atoms with van der Waals surface area (Å²) in [5, 5.41) is 11.2. The molecule has 2 aliphatic carbocycles. The van der Waals surface area contributed by atoms with Crippen molar-refractivity contribution in [2.24, 2.45) is 11.3 Å². The number of ether oxygens (including phenoxy) is 3. The van der Waals surface area contributed by atoms with E-state index in [4.69, 9.17) is 14.2 Å². The number of esters is 3. The number of phenols is 1. The number of phenolic OH excluding ortho intramolecular Hbond substituents is 1. The van der Waals surface area contributed by atoms with Gasteiger partial charge in [-0.25, -0.2) is 0 Å². The maximum absolute atomic E-state index is 13.8. The fourth-order valence-corrected chi connectivity index (χ4v) is 5.90. The Balaban J connectivity index is 2.41. The second-order valence-corrected chi connectivity index (χ2v) is 9.82. The molecule has 1 aromatic rings. The maximum atomic E-state index is 13.8. The average molecular weight is 461 g/mol. The highest BCUT2D eigenvalue weighted by Gasteiger charge is 2.67. The Labute approximate surface area is 193 Å². The minimum Gasteiger partial charge on any atom is -0.508 e. The molecule has 0 spiro atoms. The molecule has 8 nitrogen and oxygen atoms in total. The molecule has 180 valence electrons. The molecule has 5 atom stereocenters. The number of aromatic hydroxyl groups is 1. The number of benzene rings is 1. The monoisotopic (exact) mass is 460 g/mol. The summed E-state index contributed by atoms with van der Waals surface area (Å²) in [6.07, 6.45) is -1.55. The summed E-state index contributed by atoms with van der Waals surface area (Å²) in [5.41, 5.74) is -1.22. The van der Waals surface area contributed by atoms with Gasteiger partial charge in [0.1, 0.15) is 11.9 Å². The van der Waals surface area contributed by atoms with E-state index in [0.717, 1.165) is 5.56 Å². The van der Waals surface area contributed by atoms with Crippen molar-refractivity contribution < 1.29 is 38.5 Å². The number of fused-ring (bicyclic) bond motifs is 3. The highest BCUT2D eigenvalue weighted by molar-refractivity contribution is 6.05. The van der Waals surface area contributed by atoms with Gasteiger partial charge in [0.25, 0.3) is 0 Å². The summed E-state index contributed by atoms with van der Waals surface area (Å²) < 4.78 is 16.4. The fraction of sp³-hybridized carbons (Fsp3) is 0.600. The van der Waals surface area contributed by atoms with Crippen LogP contribution in [0.25, 0.3) is 0 Å². The number of Topliss-reactive ketones (excluding diaryl/α,β-unsaturated/α-hetero) is 1. The normalized spacial score (nSPS) is 30.8. The highest BCUT2D eigenvalue weighted by Crippen LogP contribution is 2.60. The third-order valence-electron chi connectivity index (χ3n) is 7.35. The first kappa shape index (κ1) is 24.7. The summed E-state index contributed by atoms with van der Waals surface area (Å²) in [7, 11) is 1.26. The molecule has 0 aliphatic heterocycles. The van der Waals surface area contributed by atoms with E-state index in [9.17, 15) is 24.3 Å². The van der Waals surface area contributed by atoms with Gasteiger partial charge in [-0.2, -0.15) is 0 Å². The molecule has 1 aromatic carbocycles. The van der Waals surface area contributed by atoms with Crippen LogP contribution in [0.4, 0.5) is 0 Å². The molecule has 2 aliphatic rings. The van der Waals surface area contributed by atoms with E-state index >= 15 is 0 Å². The zero-order valence-electron chi connectivity index (χ0n) is 20.2. The summed E-state index contributed by atoms with van der Waals surface area (Å²) in [6, 6.07) is 3.29. The van der Waals surface area contributed by atoms with E-state index in [1.165, 1.54) is 21.0 Å². The number of hydrogen-bond donors (Lipinski definition) is 1. The smallest absolute Gasteiger partial charge is 0.311 e. The Hall–Kier alpha value is -2.90. The van der Waals surface area contributed by atoms with Crippen molar-refractivity contribution >= 4 is 23.7 Å². The van der Waals surface area contributed by atoms with Gasteiger partial charge >= 0.3 is 17.9 Å². The minimum absolute atomic E-state index is 0.0164. The number of methoxy groups -OCH3 is 1. The Morgan fingerprint density at radius 1 is 1.09 bits per heavy atom. The molecule has 33 heavy (non-hydrogen) atoms. The molecule has 3 rings (SSSR count). The van der Waals surface area contributed by atoms with Gasteiger partial charge in [0, 0.05) is 36.3 Å². The molecule has 0 saturated heterocycles. The fourth-order valence-electron chi connectivity index (χ4n) is 5.90. The predicted octanol–water partition coefficient (Wildman–Crippen LogP) is 3.42. The van der Waals surface area contributed by atoms with Crippen LogP contribution in [0, 0.1) is 11.3 Å². The van der Waals surface area contributed by atoms with Crippen LogP contribution < -0.4 is 0 Å². The largest absolute Gasteiger partial charge is 0.508 e. The highest BCUT2D eigenvalue weighted by atomic mass is 16.6. The number of carbonyl (C=O) groups is 4. The molecule has 0 amide bonds. The third-order valence-corrected chi connectivity index (χ3v) is 7.35. The first-order chi connectivity index (χ1) is 15.3. The number of carbonyl (C=O) groups excluding carboxylic acids is 4. The van der Waals surface area contributed by atoms with Crippen molar-refractivity contribution in [1.82, 2.24) is 0 Å². The van der Waals surface area contributed by atoms with Crippen molar-refractivity contribution in [1.29, 1.82) is 0 Å². The summed E-state index contributed by atoms with van der Waals surface area (Å²) >= 11 is 0. The number of hydrogen-bond acceptors (Lipinski definition) is 8. The Bertz CT molecular complexity index is 1010. The quantitative estimate of drug-likeness (QED) is 0.537. The SMILES string of the molecule is COC(=O)[C@]1(C)CC[C@H](OC(C)=O)[C@]2(C)c3c(O)cc(C(C)C)cc3C(=O)[C@H](OC(C)=O)[C@H]21. The van der Waals surface area contributed by atoms with E-state index in [1.807, 2.05) is 13.8 Å². The van der Waals surface area contributed by atoms with Crippen LogP contribution in [0.1, 0.15) is 81.8 Å². The van der Waals surface area contributed by atoms with Gasteiger partial charge in [0.05, 0.1) is 12.5 Å². The van der Waals surface area contributed by atoms with Gasteiger partial charge < -0.3 is 19.3 Å². The van der Waals surface area contributed by atoms with Crippen LogP contribution in [0.2, 0.25) is 0 Å². The van der Waals surface area contributed by atoms with Gasteiger partial charge in [-0.15, -0.1) is 0 Å². The van der Waals surface area contributed by atoms with E-state index in [0.29, 0.717) is 12.0 Å². The first-order valence-electron chi connectivity index (χ1n) is 11.1. The zero-order valence-corrected chi connectivity index (χ0v) is 20.2. The molecule has 0 unspecified atom stereocenters. The van der Waals surface area contributed by atoms with Crippen molar-refractivity contribution in [2.45, 2.75) is 77.9 Å². The van der Waals surface area contributed by atoms with Gasteiger partial charge in [0.15, 0.2) is 6.10 Å². The van der Waals surface area contributed by atoms with E-state index in [1.54, 1.807) is 26.0 Å². The molecule has 1 saturated carbocycles. The van der Waals surface area contributed by atoms with Gasteiger partial charge in [-0.3, -0.25) is 19.2 Å². The van der Waals surface area contributed by atoms with Crippen LogP contribution in [-0.2, 0) is 34.0 Å². The van der Waals surface area contributed by atoms with Crippen molar-refractivity contribution in [3.63, 3.8) is 0 Å². The predicted molar refractivity (Wildman–Crippen MR) is 118 cm³/mol. The number of rotatable bonds is 4. The van der Waals surface area contributed by atoms with Crippen molar-refractivity contribution in [3.8, 4) is 5.75 Å². The van der Waals surface area contributed by atoms with Crippen LogP contribution in [0.5, 0.6) is 5.75 Å². The molecule has 8 heteroatoms. The molecule has 0 bridgehead atoms.